The van der Waals surface area contributed by atoms with Gasteiger partial charge in [0.15, 0.2) is 11.5 Å². The summed E-state index contributed by atoms with van der Waals surface area (Å²) in [7, 11) is 1.47. The molecule has 0 saturated heterocycles. The third-order valence-corrected chi connectivity index (χ3v) is 3.35. The molecule has 0 unspecified atom stereocenters. The Bertz CT molecular complexity index is 734. The fourth-order valence-corrected chi connectivity index (χ4v) is 2.28. The molecule has 2 aromatic rings. The van der Waals surface area contributed by atoms with Crippen LogP contribution in [0.5, 0.6) is 28.7 Å². The highest BCUT2D eigenvalue weighted by Crippen LogP contribution is 2.39. The van der Waals surface area contributed by atoms with Crippen molar-refractivity contribution >= 4 is 5.76 Å². The van der Waals surface area contributed by atoms with Gasteiger partial charge in [0, 0.05) is 29.7 Å². The molecule has 3 rings (SSSR count). The van der Waals surface area contributed by atoms with E-state index < -0.39 is 0 Å². The maximum absolute atomic E-state index is 9.79. The summed E-state index contributed by atoms with van der Waals surface area (Å²) in [6, 6.07) is 7.63. The number of fused-ring (bicyclic) bond motifs is 1. The molecule has 1 aliphatic rings. The van der Waals surface area contributed by atoms with Crippen molar-refractivity contribution in [1.82, 2.24) is 0 Å². The summed E-state index contributed by atoms with van der Waals surface area (Å²) in [4.78, 5) is 0. The fraction of sp³-hybridized carbons (Fsp3) is 0.125. The number of rotatable bonds is 2. The van der Waals surface area contributed by atoms with Crippen molar-refractivity contribution in [1.29, 1.82) is 0 Å². The first-order valence-corrected chi connectivity index (χ1v) is 6.38. The first-order chi connectivity index (χ1) is 10.1. The van der Waals surface area contributed by atoms with Gasteiger partial charge in [0.25, 0.3) is 0 Å². The van der Waals surface area contributed by atoms with Gasteiger partial charge in [0.05, 0.1) is 7.11 Å². The van der Waals surface area contributed by atoms with Crippen LogP contribution in [0.2, 0.25) is 0 Å². The molecule has 0 bridgehead atoms. The molecule has 3 N–H and O–H groups in total. The lowest BCUT2D eigenvalue weighted by Crippen LogP contribution is -2.04. The van der Waals surface area contributed by atoms with Crippen molar-refractivity contribution in [2.24, 2.45) is 0 Å². The number of aromatic hydroxyl groups is 3. The second-order valence-electron chi connectivity index (χ2n) is 4.70. The van der Waals surface area contributed by atoms with E-state index in [1.54, 1.807) is 12.1 Å². The van der Waals surface area contributed by atoms with Crippen LogP contribution in [0.4, 0.5) is 0 Å². The van der Waals surface area contributed by atoms with Crippen LogP contribution in [0, 0.1) is 0 Å². The number of benzene rings is 2. The van der Waals surface area contributed by atoms with Gasteiger partial charge < -0.3 is 24.8 Å². The highest BCUT2D eigenvalue weighted by molar-refractivity contribution is 5.69. The van der Waals surface area contributed by atoms with Crippen LogP contribution in [0.25, 0.3) is 5.76 Å². The van der Waals surface area contributed by atoms with E-state index in [0.29, 0.717) is 29.2 Å². The fourth-order valence-electron chi connectivity index (χ4n) is 2.28. The molecule has 0 amide bonds. The van der Waals surface area contributed by atoms with Crippen LogP contribution < -0.4 is 9.47 Å². The average Bonchev–Trinajstić information content (AvgIpc) is 2.47. The highest BCUT2D eigenvalue weighted by atomic mass is 16.5. The first-order valence-electron chi connectivity index (χ1n) is 6.38. The lowest BCUT2D eigenvalue weighted by atomic mass is 10.0. The molecular weight excluding hydrogens is 272 g/mol. The molecule has 108 valence electrons. The van der Waals surface area contributed by atoms with Gasteiger partial charge in [-0.1, -0.05) is 0 Å². The lowest BCUT2D eigenvalue weighted by molar-refractivity contribution is 0.373. The summed E-state index contributed by atoms with van der Waals surface area (Å²) in [6.45, 7) is 0. The highest BCUT2D eigenvalue weighted by Gasteiger charge is 2.19. The van der Waals surface area contributed by atoms with Crippen molar-refractivity contribution < 1.29 is 24.8 Å². The maximum atomic E-state index is 9.79. The molecular formula is C16H14O5. The number of methoxy groups -OCH3 is 1. The molecule has 21 heavy (non-hydrogen) atoms. The van der Waals surface area contributed by atoms with Gasteiger partial charge in [-0.2, -0.15) is 0 Å². The Labute approximate surface area is 121 Å². The van der Waals surface area contributed by atoms with Gasteiger partial charge in [0.2, 0.25) is 0 Å². The Kier molecular flexibility index (Phi) is 3.10. The molecule has 0 aromatic heterocycles. The average molecular weight is 286 g/mol. The molecule has 5 heteroatoms. The summed E-state index contributed by atoms with van der Waals surface area (Å²) >= 11 is 0. The zero-order valence-corrected chi connectivity index (χ0v) is 11.3. The van der Waals surface area contributed by atoms with E-state index in [1.165, 1.54) is 25.3 Å². The van der Waals surface area contributed by atoms with Crippen molar-refractivity contribution in [3.8, 4) is 28.7 Å². The Balaban J connectivity index is 1.98. The largest absolute Gasteiger partial charge is 0.508 e. The molecule has 2 aromatic carbocycles. The van der Waals surface area contributed by atoms with Crippen molar-refractivity contribution in [3.05, 3.63) is 47.5 Å². The predicted molar refractivity (Wildman–Crippen MR) is 76.7 cm³/mol. The van der Waals surface area contributed by atoms with Crippen LogP contribution in [-0.4, -0.2) is 22.4 Å². The SMILES string of the molecule is COc1cc(C2=CCc3c(O)cc(O)cc3O2)ccc1O. The Morgan fingerprint density at radius 2 is 1.86 bits per heavy atom. The number of ether oxygens (including phenoxy) is 2. The third kappa shape index (κ3) is 2.33. The van der Waals surface area contributed by atoms with Gasteiger partial charge in [-0.05, 0) is 24.3 Å². The monoisotopic (exact) mass is 286 g/mol. The summed E-state index contributed by atoms with van der Waals surface area (Å²) in [5, 5.41) is 28.9. The van der Waals surface area contributed by atoms with E-state index in [0.717, 1.165) is 5.56 Å². The third-order valence-electron chi connectivity index (χ3n) is 3.35. The van der Waals surface area contributed by atoms with Crippen molar-refractivity contribution in [2.45, 2.75) is 6.42 Å². The number of hydrogen-bond donors (Lipinski definition) is 3. The molecule has 0 radical (unpaired) electrons. The number of allylic oxidation sites excluding steroid dienone is 1. The standard InChI is InChI=1S/C16H14O5/c1-20-16-6-9(2-4-12(16)18)14-5-3-11-13(19)7-10(17)8-15(11)21-14/h2,4-8,17-19H,3H2,1H3. The van der Waals surface area contributed by atoms with E-state index in [2.05, 4.69) is 0 Å². The van der Waals surface area contributed by atoms with E-state index in [4.69, 9.17) is 9.47 Å². The predicted octanol–water partition coefficient (Wildman–Crippen LogP) is 2.79. The Hall–Kier alpha value is -2.82. The van der Waals surface area contributed by atoms with Gasteiger partial charge in [0.1, 0.15) is 23.0 Å². The zero-order valence-electron chi connectivity index (χ0n) is 11.3. The van der Waals surface area contributed by atoms with Crippen LogP contribution in [0.1, 0.15) is 11.1 Å². The summed E-state index contributed by atoms with van der Waals surface area (Å²) < 4.78 is 10.8. The summed E-state index contributed by atoms with van der Waals surface area (Å²) in [5.74, 6) is 1.33. The van der Waals surface area contributed by atoms with Crippen LogP contribution in [0.3, 0.4) is 0 Å². The quantitative estimate of drug-likeness (QED) is 0.791. The molecule has 0 spiro atoms. The smallest absolute Gasteiger partial charge is 0.161 e. The van der Waals surface area contributed by atoms with Crippen molar-refractivity contribution in [2.75, 3.05) is 7.11 Å². The van der Waals surface area contributed by atoms with E-state index >= 15 is 0 Å². The molecule has 5 nitrogen and oxygen atoms in total. The van der Waals surface area contributed by atoms with Gasteiger partial charge in [-0.25, -0.2) is 0 Å². The van der Waals surface area contributed by atoms with Crippen molar-refractivity contribution in [3.63, 3.8) is 0 Å². The van der Waals surface area contributed by atoms with Gasteiger partial charge in [-0.3, -0.25) is 0 Å². The lowest BCUT2D eigenvalue weighted by Gasteiger charge is -2.20. The van der Waals surface area contributed by atoms with Crippen LogP contribution in [-0.2, 0) is 6.42 Å². The Morgan fingerprint density at radius 3 is 2.62 bits per heavy atom. The summed E-state index contributed by atoms with van der Waals surface area (Å²) in [6.07, 6.45) is 2.31. The second-order valence-corrected chi connectivity index (χ2v) is 4.70. The minimum absolute atomic E-state index is 0.00332. The topological polar surface area (TPSA) is 79.2 Å². The second kappa shape index (κ2) is 4.94. The molecule has 0 saturated carbocycles. The van der Waals surface area contributed by atoms with E-state index in [1.807, 2.05) is 6.08 Å². The molecule has 0 fully saturated rings. The summed E-state index contributed by atoms with van der Waals surface area (Å²) in [5.41, 5.74) is 1.36. The Morgan fingerprint density at radius 1 is 1.05 bits per heavy atom. The minimum atomic E-state index is -0.0595. The molecule has 0 aliphatic carbocycles. The zero-order chi connectivity index (χ0) is 15.0. The molecule has 1 aliphatic heterocycles. The van der Waals surface area contributed by atoms with Gasteiger partial charge in [-0.15, -0.1) is 0 Å². The number of hydrogen-bond acceptors (Lipinski definition) is 5. The number of phenolic OH excluding ortho intramolecular Hbond substituents is 3. The van der Waals surface area contributed by atoms with Gasteiger partial charge >= 0.3 is 0 Å². The number of phenols is 3. The minimum Gasteiger partial charge on any atom is -0.508 e. The van der Waals surface area contributed by atoms with E-state index in [9.17, 15) is 15.3 Å². The van der Waals surface area contributed by atoms with Crippen LogP contribution >= 0.6 is 0 Å². The normalized spacial score (nSPS) is 13.1. The van der Waals surface area contributed by atoms with Crippen LogP contribution in [0.15, 0.2) is 36.4 Å². The molecule has 1 heterocycles. The van der Waals surface area contributed by atoms with E-state index in [-0.39, 0.29) is 17.2 Å². The molecule has 0 atom stereocenters. The first kappa shape index (κ1) is 13.2. The maximum Gasteiger partial charge on any atom is 0.161 e.